The summed E-state index contributed by atoms with van der Waals surface area (Å²) < 4.78 is 0. The molecule has 0 aliphatic carbocycles. The molecular formula is C18H24N2. The Bertz CT molecular complexity index is 518. The predicted molar refractivity (Wildman–Crippen MR) is 81.3 cm³/mol. The van der Waals surface area contributed by atoms with Crippen LogP contribution in [0, 0.1) is 17.2 Å². The molecule has 1 aromatic rings. The van der Waals surface area contributed by atoms with Crippen molar-refractivity contribution in [2.45, 2.75) is 50.5 Å². The second-order valence-electron chi connectivity index (χ2n) is 7.16. The summed E-state index contributed by atoms with van der Waals surface area (Å²) in [5.74, 6) is 0.261. The maximum atomic E-state index is 9.21. The molecule has 20 heavy (non-hydrogen) atoms. The number of benzene rings is 1. The van der Waals surface area contributed by atoms with E-state index in [0.29, 0.717) is 0 Å². The fourth-order valence-corrected chi connectivity index (χ4v) is 4.11. The molecule has 2 aliphatic rings. The Morgan fingerprint density at radius 3 is 2.65 bits per heavy atom. The standard InChI is InChI=1S/C18H24N2/c1-17(16-6-4-3-5-7-16)9-10-18(2)12-15(13-19)8-11-20(18)14-17/h3-7,15H,8-12,14H2,1-2H3. The van der Waals surface area contributed by atoms with E-state index in [1.54, 1.807) is 0 Å². The first-order valence-corrected chi connectivity index (χ1v) is 7.76. The molecule has 0 radical (unpaired) electrons. The molecular weight excluding hydrogens is 244 g/mol. The van der Waals surface area contributed by atoms with Gasteiger partial charge in [-0.15, -0.1) is 0 Å². The van der Waals surface area contributed by atoms with Gasteiger partial charge in [-0.25, -0.2) is 0 Å². The van der Waals surface area contributed by atoms with Crippen LogP contribution in [0.5, 0.6) is 0 Å². The van der Waals surface area contributed by atoms with Crippen molar-refractivity contribution < 1.29 is 0 Å². The van der Waals surface area contributed by atoms with Crippen molar-refractivity contribution in [3.05, 3.63) is 35.9 Å². The molecule has 2 fully saturated rings. The number of fused-ring (bicyclic) bond motifs is 1. The summed E-state index contributed by atoms with van der Waals surface area (Å²) >= 11 is 0. The van der Waals surface area contributed by atoms with Crippen LogP contribution in [-0.4, -0.2) is 23.5 Å². The van der Waals surface area contributed by atoms with Crippen LogP contribution < -0.4 is 0 Å². The lowest BCUT2D eigenvalue weighted by Gasteiger charge is -2.55. The normalized spacial score (nSPS) is 38.0. The highest BCUT2D eigenvalue weighted by molar-refractivity contribution is 5.27. The second kappa shape index (κ2) is 4.90. The first-order valence-electron chi connectivity index (χ1n) is 7.76. The van der Waals surface area contributed by atoms with Crippen molar-refractivity contribution in [3.8, 4) is 6.07 Å². The summed E-state index contributed by atoms with van der Waals surface area (Å²) in [6, 6.07) is 13.4. The van der Waals surface area contributed by atoms with Crippen molar-refractivity contribution in [1.82, 2.24) is 4.90 Å². The molecule has 0 amide bonds. The Kier molecular flexibility index (Phi) is 3.34. The molecule has 2 nitrogen and oxygen atoms in total. The minimum atomic E-state index is 0.243. The summed E-state index contributed by atoms with van der Waals surface area (Å²) in [7, 11) is 0. The van der Waals surface area contributed by atoms with Crippen LogP contribution in [0.15, 0.2) is 30.3 Å². The van der Waals surface area contributed by atoms with Crippen LogP contribution >= 0.6 is 0 Å². The van der Waals surface area contributed by atoms with Gasteiger partial charge in [0, 0.05) is 23.4 Å². The molecule has 3 atom stereocenters. The summed E-state index contributed by atoms with van der Waals surface area (Å²) in [6.45, 7) is 6.97. The van der Waals surface area contributed by atoms with Crippen molar-refractivity contribution in [2.24, 2.45) is 5.92 Å². The van der Waals surface area contributed by atoms with E-state index < -0.39 is 0 Å². The molecule has 2 aliphatic heterocycles. The van der Waals surface area contributed by atoms with Gasteiger partial charge in [-0.05, 0) is 44.7 Å². The molecule has 0 aromatic heterocycles. The fourth-order valence-electron chi connectivity index (χ4n) is 4.11. The number of rotatable bonds is 1. The van der Waals surface area contributed by atoms with Gasteiger partial charge in [0.2, 0.25) is 0 Å². The zero-order valence-electron chi connectivity index (χ0n) is 12.6. The van der Waals surface area contributed by atoms with Crippen molar-refractivity contribution in [2.75, 3.05) is 13.1 Å². The Morgan fingerprint density at radius 2 is 1.95 bits per heavy atom. The number of hydrogen-bond acceptors (Lipinski definition) is 2. The Balaban J connectivity index is 1.82. The average molecular weight is 268 g/mol. The predicted octanol–water partition coefficient (Wildman–Crippen LogP) is 3.73. The van der Waals surface area contributed by atoms with E-state index in [2.05, 4.69) is 55.1 Å². The van der Waals surface area contributed by atoms with E-state index in [-0.39, 0.29) is 16.9 Å². The van der Waals surface area contributed by atoms with Crippen LogP contribution in [0.25, 0.3) is 0 Å². The summed E-state index contributed by atoms with van der Waals surface area (Å²) in [4.78, 5) is 2.65. The monoisotopic (exact) mass is 268 g/mol. The van der Waals surface area contributed by atoms with Gasteiger partial charge in [0.1, 0.15) is 0 Å². The Morgan fingerprint density at radius 1 is 1.20 bits per heavy atom. The van der Waals surface area contributed by atoms with Crippen LogP contribution in [0.3, 0.4) is 0 Å². The number of nitriles is 1. The maximum absolute atomic E-state index is 9.21. The van der Waals surface area contributed by atoms with E-state index in [1.807, 2.05) is 0 Å². The van der Waals surface area contributed by atoms with Crippen molar-refractivity contribution in [3.63, 3.8) is 0 Å². The van der Waals surface area contributed by atoms with Crippen LogP contribution in [0.2, 0.25) is 0 Å². The third-order valence-electron chi connectivity index (χ3n) is 5.61. The summed E-state index contributed by atoms with van der Waals surface area (Å²) in [5, 5.41) is 9.21. The first-order chi connectivity index (χ1) is 9.56. The molecule has 3 rings (SSSR count). The fraction of sp³-hybridized carbons (Fsp3) is 0.611. The maximum Gasteiger partial charge on any atom is 0.0657 e. The highest BCUT2D eigenvalue weighted by atomic mass is 15.2. The molecule has 1 aromatic carbocycles. The van der Waals surface area contributed by atoms with Crippen molar-refractivity contribution >= 4 is 0 Å². The number of hydrogen-bond donors (Lipinski definition) is 0. The Hall–Kier alpha value is -1.33. The molecule has 2 saturated heterocycles. The van der Waals surface area contributed by atoms with Gasteiger partial charge in [-0.2, -0.15) is 5.26 Å². The average Bonchev–Trinajstić information content (AvgIpc) is 2.48. The van der Waals surface area contributed by atoms with Crippen LogP contribution in [0.4, 0.5) is 0 Å². The van der Waals surface area contributed by atoms with Gasteiger partial charge in [-0.1, -0.05) is 37.3 Å². The highest BCUT2D eigenvalue weighted by Crippen LogP contribution is 2.45. The second-order valence-corrected chi connectivity index (χ2v) is 7.16. The topological polar surface area (TPSA) is 27.0 Å². The minimum absolute atomic E-state index is 0.243. The zero-order chi connectivity index (χ0) is 14.2. The van der Waals surface area contributed by atoms with Gasteiger partial charge in [0.25, 0.3) is 0 Å². The van der Waals surface area contributed by atoms with E-state index in [4.69, 9.17) is 0 Å². The Labute approximate surface area is 122 Å². The lowest BCUT2D eigenvalue weighted by molar-refractivity contribution is -0.0175. The lowest BCUT2D eigenvalue weighted by atomic mass is 9.67. The summed E-state index contributed by atoms with van der Waals surface area (Å²) in [6.07, 6.45) is 4.52. The molecule has 2 heteroatoms. The largest absolute Gasteiger partial charge is 0.297 e. The molecule has 0 spiro atoms. The van der Waals surface area contributed by atoms with E-state index in [0.717, 1.165) is 25.9 Å². The van der Waals surface area contributed by atoms with Gasteiger partial charge >= 0.3 is 0 Å². The van der Waals surface area contributed by atoms with Crippen LogP contribution in [0.1, 0.15) is 45.1 Å². The third-order valence-corrected chi connectivity index (χ3v) is 5.61. The molecule has 3 unspecified atom stereocenters. The number of nitrogens with zero attached hydrogens (tertiary/aromatic N) is 2. The zero-order valence-corrected chi connectivity index (χ0v) is 12.6. The summed E-state index contributed by atoms with van der Waals surface area (Å²) in [5.41, 5.74) is 1.97. The molecule has 0 saturated carbocycles. The molecule has 106 valence electrons. The minimum Gasteiger partial charge on any atom is -0.297 e. The number of piperidine rings is 2. The smallest absolute Gasteiger partial charge is 0.0657 e. The lowest BCUT2D eigenvalue weighted by Crippen LogP contribution is -2.59. The van der Waals surface area contributed by atoms with Gasteiger partial charge in [0.15, 0.2) is 0 Å². The molecule has 0 N–H and O–H groups in total. The van der Waals surface area contributed by atoms with Gasteiger partial charge in [-0.3, -0.25) is 4.90 Å². The van der Waals surface area contributed by atoms with Crippen molar-refractivity contribution in [1.29, 1.82) is 5.26 Å². The first kappa shape index (κ1) is 13.6. The van der Waals surface area contributed by atoms with E-state index in [1.165, 1.54) is 18.4 Å². The highest BCUT2D eigenvalue weighted by Gasteiger charge is 2.46. The van der Waals surface area contributed by atoms with E-state index >= 15 is 0 Å². The quantitative estimate of drug-likeness (QED) is 0.776. The molecule has 0 bridgehead atoms. The van der Waals surface area contributed by atoms with Gasteiger partial charge in [0.05, 0.1) is 6.07 Å². The van der Waals surface area contributed by atoms with Crippen LogP contribution in [-0.2, 0) is 5.41 Å². The van der Waals surface area contributed by atoms with E-state index in [9.17, 15) is 5.26 Å². The SMILES string of the molecule is CC1(c2ccccc2)CCC2(C)CC(C#N)CCN2C1. The molecule has 2 heterocycles. The van der Waals surface area contributed by atoms with Gasteiger partial charge < -0.3 is 0 Å². The third kappa shape index (κ3) is 2.25.